The molecule has 0 atom stereocenters. The highest BCUT2D eigenvalue weighted by atomic mass is 16.4. The number of carboxylic acid groups (broad SMARTS) is 1. The molecule has 0 bridgehead atoms. The second-order valence-corrected chi connectivity index (χ2v) is 10.8. The molecule has 0 spiro atoms. The third kappa shape index (κ3) is 10.9. The molecule has 0 saturated carbocycles. The predicted octanol–water partition coefficient (Wildman–Crippen LogP) is 8.14. The third-order valence-electron chi connectivity index (χ3n) is 6.19. The maximum atomic E-state index is 11.2. The van der Waals surface area contributed by atoms with E-state index in [0.717, 1.165) is 25.7 Å². The van der Waals surface area contributed by atoms with Gasteiger partial charge in [0.1, 0.15) is 0 Å². The number of rotatable bonds is 14. The monoisotopic (exact) mass is 402 g/mol. The molecule has 0 heterocycles. The van der Waals surface area contributed by atoms with Gasteiger partial charge in [-0.2, -0.15) is 0 Å². The molecule has 2 heteroatoms. The summed E-state index contributed by atoms with van der Waals surface area (Å²) in [7, 11) is 0. The Balaban J connectivity index is 2.34. The minimum absolute atomic E-state index is 0.465. The van der Waals surface area contributed by atoms with Crippen molar-refractivity contribution in [3.05, 3.63) is 34.9 Å². The minimum Gasteiger partial charge on any atom is -0.481 e. The molecule has 0 radical (unpaired) electrons. The summed E-state index contributed by atoms with van der Waals surface area (Å²) >= 11 is 0. The molecule has 29 heavy (non-hydrogen) atoms. The molecule has 1 N–H and O–H groups in total. The summed E-state index contributed by atoms with van der Waals surface area (Å²) in [4.78, 5) is 11.2. The maximum absolute atomic E-state index is 11.2. The fourth-order valence-corrected chi connectivity index (χ4v) is 4.01. The molecular formula is C27H46O2. The Bertz CT molecular complexity index is 607. The zero-order valence-electron chi connectivity index (χ0n) is 20.1. The SMILES string of the molecule is Cc1cccc(CCCCCCC(C)(C)C)c1CCCCCCC(C)(C)C(=O)O. The van der Waals surface area contributed by atoms with Crippen LogP contribution in [0.4, 0.5) is 0 Å². The summed E-state index contributed by atoms with van der Waals surface area (Å²) in [6.07, 6.45) is 14.3. The van der Waals surface area contributed by atoms with Crippen LogP contribution < -0.4 is 0 Å². The first-order valence-electron chi connectivity index (χ1n) is 11.8. The van der Waals surface area contributed by atoms with Crippen molar-refractivity contribution in [2.45, 2.75) is 119 Å². The van der Waals surface area contributed by atoms with Crippen LogP contribution >= 0.6 is 0 Å². The highest BCUT2D eigenvalue weighted by molar-refractivity contribution is 5.73. The van der Waals surface area contributed by atoms with Crippen molar-refractivity contribution in [1.82, 2.24) is 0 Å². The van der Waals surface area contributed by atoms with Crippen molar-refractivity contribution in [2.24, 2.45) is 10.8 Å². The van der Waals surface area contributed by atoms with E-state index in [1.165, 1.54) is 56.9 Å². The van der Waals surface area contributed by atoms with E-state index < -0.39 is 11.4 Å². The Morgan fingerprint density at radius 2 is 1.34 bits per heavy atom. The first-order chi connectivity index (χ1) is 13.5. The van der Waals surface area contributed by atoms with E-state index in [4.69, 9.17) is 0 Å². The van der Waals surface area contributed by atoms with Gasteiger partial charge < -0.3 is 5.11 Å². The van der Waals surface area contributed by atoms with E-state index >= 15 is 0 Å². The van der Waals surface area contributed by atoms with E-state index in [0.29, 0.717) is 5.41 Å². The van der Waals surface area contributed by atoms with E-state index in [9.17, 15) is 9.90 Å². The van der Waals surface area contributed by atoms with Crippen LogP contribution in [0.15, 0.2) is 18.2 Å². The average molecular weight is 403 g/mol. The summed E-state index contributed by atoms with van der Waals surface area (Å²) in [6, 6.07) is 6.78. The summed E-state index contributed by atoms with van der Waals surface area (Å²) in [5.74, 6) is -0.680. The molecule has 0 amide bonds. The Morgan fingerprint density at radius 1 is 0.793 bits per heavy atom. The van der Waals surface area contributed by atoms with Gasteiger partial charge in [0.25, 0.3) is 0 Å². The zero-order valence-corrected chi connectivity index (χ0v) is 20.1. The molecule has 0 aromatic heterocycles. The van der Waals surface area contributed by atoms with E-state index in [2.05, 4.69) is 45.9 Å². The lowest BCUT2D eigenvalue weighted by Gasteiger charge is -2.18. The molecule has 0 unspecified atom stereocenters. The number of carboxylic acids is 1. The number of hydrogen-bond donors (Lipinski definition) is 1. The first kappa shape index (κ1) is 25.7. The van der Waals surface area contributed by atoms with Gasteiger partial charge in [-0.05, 0) is 81.4 Å². The quantitative estimate of drug-likeness (QED) is 0.319. The summed E-state index contributed by atoms with van der Waals surface area (Å²) in [5, 5.41) is 9.21. The van der Waals surface area contributed by atoms with Crippen molar-refractivity contribution >= 4 is 5.97 Å². The molecule has 0 aliphatic rings. The van der Waals surface area contributed by atoms with Gasteiger partial charge in [-0.15, -0.1) is 0 Å². The number of aryl methyl sites for hydroxylation is 2. The minimum atomic E-state index is -0.680. The van der Waals surface area contributed by atoms with Crippen LogP contribution in [0, 0.1) is 17.8 Å². The van der Waals surface area contributed by atoms with Crippen LogP contribution in [0.5, 0.6) is 0 Å². The second kappa shape index (κ2) is 12.4. The van der Waals surface area contributed by atoms with Crippen LogP contribution in [0.3, 0.4) is 0 Å². The van der Waals surface area contributed by atoms with Crippen molar-refractivity contribution in [2.75, 3.05) is 0 Å². The standard InChI is InChI=1S/C27H46O2/c1-22-16-15-18-23(17-11-7-9-13-20-26(2,3)4)24(22)19-12-8-10-14-21-27(5,6)25(28)29/h15-16,18H,7-14,17,19-21H2,1-6H3,(H,28,29). The Labute approximate surface area is 180 Å². The highest BCUT2D eigenvalue weighted by Gasteiger charge is 2.25. The molecule has 0 saturated heterocycles. The number of unbranched alkanes of at least 4 members (excludes halogenated alkanes) is 6. The zero-order chi connectivity index (χ0) is 21.9. The summed E-state index contributed by atoms with van der Waals surface area (Å²) < 4.78 is 0. The van der Waals surface area contributed by atoms with Gasteiger partial charge in [-0.1, -0.05) is 77.5 Å². The van der Waals surface area contributed by atoms with Gasteiger partial charge in [0.2, 0.25) is 0 Å². The van der Waals surface area contributed by atoms with Crippen LogP contribution in [0.25, 0.3) is 0 Å². The molecule has 1 rings (SSSR count). The molecule has 0 aliphatic carbocycles. The van der Waals surface area contributed by atoms with Crippen LogP contribution in [0.2, 0.25) is 0 Å². The molecular weight excluding hydrogens is 356 g/mol. The topological polar surface area (TPSA) is 37.3 Å². The Hall–Kier alpha value is -1.31. The summed E-state index contributed by atoms with van der Waals surface area (Å²) in [5.41, 5.74) is 4.42. The first-order valence-corrected chi connectivity index (χ1v) is 11.8. The molecule has 1 aromatic rings. The van der Waals surface area contributed by atoms with Gasteiger partial charge in [-0.3, -0.25) is 4.79 Å². The van der Waals surface area contributed by atoms with E-state index in [1.54, 1.807) is 11.1 Å². The lowest BCUT2D eigenvalue weighted by atomic mass is 9.87. The van der Waals surface area contributed by atoms with Crippen LogP contribution in [-0.2, 0) is 17.6 Å². The van der Waals surface area contributed by atoms with Gasteiger partial charge >= 0.3 is 5.97 Å². The molecule has 0 fully saturated rings. The lowest BCUT2D eigenvalue weighted by Crippen LogP contribution is -2.23. The predicted molar refractivity (Wildman–Crippen MR) is 126 cm³/mol. The van der Waals surface area contributed by atoms with Crippen LogP contribution in [-0.4, -0.2) is 11.1 Å². The number of hydrogen-bond acceptors (Lipinski definition) is 1. The highest BCUT2D eigenvalue weighted by Crippen LogP contribution is 2.26. The van der Waals surface area contributed by atoms with Crippen LogP contribution in [0.1, 0.15) is 116 Å². The molecule has 166 valence electrons. The van der Waals surface area contributed by atoms with Crippen molar-refractivity contribution < 1.29 is 9.90 Å². The van der Waals surface area contributed by atoms with Gasteiger partial charge in [0.15, 0.2) is 0 Å². The van der Waals surface area contributed by atoms with E-state index in [1.807, 2.05) is 13.8 Å². The molecule has 1 aromatic carbocycles. The third-order valence-corrected chi connectivity index (χ3v) is 6.19. The smallest absolute Gasteiger partial charge is 0.309 e. The number of carbonyl (C=O) groups is 1. The number of aliphatic carboxylic acids is 1. The summed E-state index contributed by atoms with van der Waals surface area (Å²) in [6.45, 7) is 12.9. The van der Waals surface area contributed by atoms with Gasteiger partial charge in [-0.25, -0.2) is 0 Å². The van der Waals surface area contributed by atoms with Crippen molar-refractivity contribution in [1.29, 1.82) is 0 Å². The number of benzene rings is 1. The van der Waals surface area contributed by atoms with Crippen molar-refractivity contribution in [3.8, 4) is 0 Å². The fourth-order valence-electron chi connectivity index (χ4n) is 4.01. The molecule has 0 aliphatic heterocycles. The average Bonchev–Trinajstić information content (AvgIpc) is 2.61. The fraction of sp³-hybridized carbons (Fsp3) is 0.741. The van der Waals surface area contributed by atoms with Crippen molar-refractivity contribution in [3.63, 3.8) is 0 Å². The van der Waals surface area contributed by atoms with Gasteiger partial charge in [0.05, 0.1) is 5.41 Å². The second-order valence-electron chi connectivity index (χ2n) is 10.8. The Morgan fingerprint density at radius 3 is 1.93 bits per heavy atom. The maximum Gasteiger partial charge on any atom is 0.309 e. The van der Waals surface area contributed by atoms with Gasteiger partial charge in [0, 0.05) is 0 Å². The normalized spacial score (nSPS) is 12.3. The molecule has 2 nitrogen and oxygen atoms in total. The Kier molecular flexibility index (Phi) is 11.0. The largest absolute Gasteiger partial charge is 0.481 e. The lowest BCUT2D eigenvalue weighted by molar-refractivity contribution is -0.147. The van der Waals surface area contributed by atoms with E-state index in [-0.39, 0.29) is 0 Å².